The fourth-order valence-corrected chi connectivity index (χ4v) is 2.51. The third-order valence-corrected chi connectivity index (χ3v) is 4.36. The molecular formula is C12H16BrNO. The van der Waals surface area contributed by atoms with Gasteiger partial charge in [-0.25, -0.2) is 0 Å². The molecule has 3 N–H and O–H groups in total. The van der Waals surface area contributed by atoms with Crippen LogP contribution in [-0.2, 0) is 0 Å². The van der Waals surface area contributed by atoms with E-state index in [1.54, 1.807) is 0 Å². The molecule has 0 spiro atoms. The molecule has 3 heteroatoms. The van der Waals surface area contributed by atoms with Crippen LogP contribution in [0.25, 0.3) is 0 Å². The summed E-state index contributed by atoms with van der Waals surface area (Å²) in [5, 5.41) is 9.32. The molecule has 0 aliphatic heterocycles. The number of nitrogens with two attached hydrogens (primary N) is 1. The average Bonchev–Trinajstić information content (AvgIpc) is 2.97. The largest absolute Gasteiger partial charge is 0.396 e. The number of hydrogen-bond acceptors (Lipinski definition) is 2. The highest BCUT2D eigenvalue weighted by Crippen LogP contribution is 2.58. The van der Waals surface area contributed by atoms with Gasteiger partial charge in [0.05, 0.1) is 6.61 Å². The molecule has 2 atom stereocenters. The van der Waals surface area contributed by atoms with Gasteiger partial charge < -0.3 is 10.8 Å². The molecule has 0 radical (unpaired) electrons. The lowest BCUT2D eigenvalue weighted by Crippen LogP contribution is -2.21. The summed E-state index contributed by atoms with van der Waals surface area (Å²) in [4.78, 5) is 0. The molecule has 1 aromatic rings. The second-order valence-corrected chi connectivity index (χ2v) is 5.34. The molecular weight excluding hydrogens is 254 g/mol. The van der Waals surface area contributed by atoms with Crippen LogP contribution in [0.1, 0.15) is 23.5 Å². The number of aliphatic hydroxyl groups excluding tert-OH is 1. The number of rotatable bonds is 3. The molecule has 2 nitrogen and oxygen atoms in total. The maximum Gasteiger partial charge on any atom is 0.0505 e. The Bertz CT molecular complexity index is 374. The van der Waals surface area contributed by atoms with Crippen molar-refractivity contribution in [2.45, 2.75) is 19.3 Å². The Hall–Kier alpha value is -0.380. The Morgan fingerprint density at radius 3 is 2.80 bits per heavy atom. The fourth-order valence-electron chi connectivity index (χ4n) is 2.11. The van der Waals surface area contributed by atoms with Crippen molar-refractivity contribution in [1.82, 2.24) is 0 Å². The Morgan fingerprint density at radius 2 is 2.33 bits per heavy atom. The highest BCUT2D eigenvalue weighted by atomic mass is 79.9. The Balaban J connectivity index is 2.23. The summed E-state index contributed by atoms with van der Waals surface area (Å²) in [6.45, 7) is 2.84. The molecule has 1 saturated carbocycles. The van der Waals surface area contributed by atoms with Crippen molar-refractivity contribution in [2.24, 2.45) is 11.1 Å². The summed E-state index contributed by atoms with van der Waals surface area (Å²) in [7, 11) is 0. The van der Waals surface area contributed by atoms with Gasteiger partial charge in [-0.2, -0.15) is 0 Å². The lowest BCUT2D eigenvalue weighted by Gasteiger charge is -2.11. The number of halogens is 1. The standard InChI is InChI=1S/C12H16BrNO/c1-8-2-3-9(4-11(8)13)10-5-12(10,6-14)7-15/h2-4,10,15H,5-7,14H2,1H3. The molecule has 1 fully saturated rings. The monoisotopic (exact) mass is 269 g/mol. The lowest BCUT2D eigenvalue weighted by molar-refractivity contribution is 0.211. The summed E-state index contributed by atoms with van der Waals surface area (Å²) in [5.74, 6) is 0.435. The summed E-state index contributed by atoms with van der Waals surface area (Å²) in [5.41, 5.74) is 8.18. The molecule has 0 heterocycles. The van der Waals surface area contributed by atoms with Crippen molar-refractivity contribution in [3.8, 4) is 0 Å². The van der Waals surface area contributed by atoms with E-state index >= 15 is 0 Å². The third-order valence-electron chi connectivity index (χ3n) is 3.51. The Kier molecular flexibility index (Phi) is 2.88. The van der Waals surface area contributed by atoms with Crippen LogP contribution in [0, 0.1) is 12.3 Å². The molecule has 1 aromatic carbocycles. The Morgan fingerprint density at radius 1 is 1.60 bits per heavy atom. The minimum atomic E-state index is -0.0469. The molecule has 2 unspecified atom stereocenters. The van der Waals surface area contributed by atoms with E-state index in [2.05, 4.69) is 41.1 Å². The van der Waals surface area contributed by atoms with Crippen molar-refractivity contribution in [1.29, 1.82) is 0 Å². The summed E-state index contributed by atoms with van der Waals surface area (Å²) in [6, 6.07) is 6.39. The van der Waals surface area contributed by atoms with Crippen LogP contribution in [-0.4, -0.2) is 18.3 Å². The molecule has 15 heavy (non-hydrogen) atoms. The van der Waals surface area contributed by atoms with Gasteiger partial charge in [-0.05, 0) is 36.5 Å². The van der Waals surface area contributed by atoms with Crippen LogP contribution in [0.2, 0.25) is 0 Å². The van der Waals surface area contributed by atoms with Crippen LogP contribution in [0.5, 0.6) is 0 Å². The molecule has 0 bridgehead atoms. The van der Waals surface area contributed by atoms with E-state index in [1.807, 2.05) is 0 Å². The van der Waals surface area contributed by atoms with Gasteiger partial charge in [0.25, 0.3) is 0 Å². The highest BCUT2D eigenvalue weighted by Gasteiger charge is 2.53. The smallest absolute Gasteiger partial charge is 0.0505 e. The minimum absolute atomic E-state index is 0.0469. The topological polar surface area (TPSA) is 46.2 Å². The van der Waals surface area contributed by atoms with E-state index in [0.717, 1.165) is 10.9 Å². The van der Waals surface area contributed by atoms with Crippen molar-refractivity contribution in [2.75, 3.05) is 13.2 Å². The van der Waals surface area contributed by atoms with Crippen molar-refractivity contribution in [3.05, 3.63) is 33.8 Å². The second-order valence-electron chi connectivity index (χ2n) is 4.49. The number of benzene rings is 1. The highest BCUT2D eigenvalue weighted by molar-refractivity contribution is 9.10. The second kappa shape index (κ2) is 3.89. The van der Waals surface area contributed by atoms with Crippen LogP contribution >= 0.6 is 15.9 Å². The van der Waals surface area contributed by atoms with Crippen LogP contribution in [0.4, 0.5) is 0 Å². The zero-order chi connectivity index (χ0) is 11.1. The number of aliphatic hydroxyl groups is 1. The van der Waals surface area contributed by atoms with Gasteiger partial charge in [0.15, 0.2) is 0 Å². The SMILES string of the molecule is Cc1ccc(C2CC2(CN)CO)cc1Br. The molecule has 0 saturated heterocycles. The predicted molar refractivity (Wildman–Crippen MR) is 64.8 cm³/mol. The van der Waals surface area contributed by atoms with E-state index in [1.165, 1.54) is 11.1 Å². The first kappa shape index (κ1) is 11.1. The normalized spacial score (nSPS) is 29.2. The number of aryl methyl sites for hydroxylation is 1. The lowest BCUT2D eigenvalue weighted by atomic mass is 9.99. The van der Waals surface area contributed by atoms with Crippen LogP contribution in [0.3, 0.4) is 0 Å². The summed E-state index contributed by atoms with van der Waals surface area (Å²) >= 11 is 3.53. The zero-order valence-electron chi connectivity index (χ0n) is 8.83. The molecule has 82 valence electrons. The van der Waals surface area contributed by atoms with E-state index in [9.17, 15) is 5.11 Å². The van der Waals surface area contributed by atoms with E-state index < -0.39 is 0 Å². The van der Waals surface area contributed by atoms with Gasteiger partial charge in [0.2, 0.25) is 0 Å². The summed E-state index contributed by atoms with van der Waals surface area (Å²) < 4.78 is 1.13. The van der Waals surface area contributed by atoms with Crippen LogP contribution in [0.15, 0.2) is 22.7 Å². The van der Waals surface area contributed by atoms with Crippen molar-refractivity contribution in [3.63, 3.8) is 0 Å². The van der Waals surface area contributed by atoms with Crippen molar-refractivity contribution < 1.29 is 5.11 Å². The van der Waals surface area contributed by atoms with Gasteiger partial charge in [0.1, 0.15) is 0 Å². The van der Waals surface area contributed by atoms with Gasteiger partial charge >= 0.3 is 0 Å². The summed E-state index contributed by atoms with van der Waals surface area (Å²) in [6.07, 6.45) is 1.01. The van der Waals surface area contributed by atoms with E-state index in [0.29, 0.717) is 12.5 Å². The third kappa shape index (κ3) is 1.84. The maximum atomic E-state index is 9.32. The molecule has 1 aliphatic rings. The first-order valence-corrected chi connectivity index (χ1v) is 5.99. The Labute approximate surface area is 98.6 Å². The molecule has 2 rings (SSSR count). The van der Waals surface area contributed by atoms with E-state index in [-0.39, 0.29) is 12.0 Å². The van der Waals surface area contributed by atoms with E-state index in [4.69, 9.17) is 5.73 Å². The molecule has 1 aliphatic carbocycles. The minimum Gasteiger partial charge on any atom is -0.396 e. The zero-order valence-corrected chi connectivity index (χ0v) is 10.4. The van der Waals surface area contributed by atoms with Gasteiger partial charge in [-0.1, -0.05) is 28.1 Å². The number of hydrogen-bond donors (Lipinski definition) is 2. The van der Waals surface area contributed by atoms with Gasteiger partial charge in [0, 0.05) is 16.4 Å². The first-order chi connectivity index (χ1) is 7.13. The molecule has 0 aromatic heterocycles. The maximum absolute atomic E-state index is 9.32. The fraction of sp³-hybridized carbons (Fsp3) is 0.500. The van der Waals surface area contributed by atoms with Gasteiger partial charge in [-0.3, -0.25) is 0 Å². The van der Waals surface area contributed by atoms with Gasteiger partial charge in [-0.15, -0.1) is 0 Å². The quantitative estimate of drug-likeness (QED) is 0.884. The van der Waals surface area contributed by atoms with Crippen LogP contribution < -0.4 is 5.73 Å². The molecule has 0 amide bonds. The predicted octanol–water partition coefficient (Wildman–Crippen LogP) is 2.18. The average molecular weight is 270 g/mol. The van der Waals surface area contributed by atoms with Crippen molar-refractivity contribution >= 4 is 15.9 Å². The first-order valence-electron chi connectivity index (χ1n) is 5.20.